The predicted octanol–water partition coefficient (Wildman–Crippen LogP) is 3.37. The molecular weight excluding hydrogens is 382 g/mol. The first-order valence-electron chi connectivity index (χ1n) is 9.97. The molecule has 2 rings (SSSR count). The van der Waals surface area contributed by atoms with E-state index < -0.39 is 0 Å². The Morgan fingerprint density at radius 3 is 1.63 bits per heavy atom. The van der Waals surface area contributed by atoms with Crippen molar-refractivity contribution in [3.63, 3.8) is 0 Å². The molecule has 0 unspecified atom stereocenters. The zero-order chi connectivity index (χ0) is 21.8. The largest absolute Gasteiger partial charge is 0.504 e. The molecule has 0 aliphatic carbocycles. The number of hydrogen-bond donors (Lipinski definition) is 2. The number of aromatic hydroxyl groups is 2. The number of methoxy groups -OCH3 is 2. The first-order chi connectivity index (χ1) is 14.6. The fraction of sp³-hybridized carbons (Fsp3) is 0.391. The highest BCUT2D eigenvalue weighted by atomic mass is 16.5. The van der Waals surface area contributed by atoms with E-state index in [9.17, 15) is 10.2 Å². The molecule has 2 N–H and O–H groups in total. The van der Waals surface area contributed by atoms with Gasteiger partial charge in [-0.25, -0.2) is 0 Å². The predicted molar refractivity (Wildman–Crippen MR) is 121 cm³/mol. The van der Waals surface area contributed by atoms with Gasteiger partial charge in [0.1, 0.15) is 0 Å². The van der Waals surface area contributed by atoms with E-state index in [-0.39, 0.29) is 11.5 Å². The molecule has 7 heteroatoms. The van der Waals surface area contributed by atoms with Crippen LogP contribution in [0.15, 0.2) is 46.4 Å². The van der Waals surface area contributed by atoms with Gasteiger partial charge in [0, 0.05) is 36.6 Å². The molecule has 0 atom stereocenters. The van der Waals surface area contributed by atoms with Crippen LogP contribution in [0.2, 0.25) is 0 Å². The van der Waals surface area contributed by atoms with Crippen molar-refractivity contribution in [3.8, 4) is 23.0 Å². The van der Waals surface area contributed by atoms with Crippen LogP contribution >= 0.6 is 0 Å². The van der Waals surface area contributed by atoms with Crippen molar-refractivity contribution in [3.05, 3.63) is 47.5 Å². The van der Waals surface area contributed by atoms with E-state index in [0.717, 1.165) is 25.9 Å². The Morgan fingerprint density at radius 2 is 1.23 bits per heavy atom. The van der Waals surface area contributed by atoms with E-state index >= 15 is 0 Å². The smallest absolute Gasteiger partial charge is 0.166 e. The van der Waals surface area contributed by atoms with Crippen molar-refractivity contribution in [1.29, 1.82) is 0 Å². The molecule has 0 aromatic heterocycles. The minimum atomic E-state index is 0.115. The van der Waals surface area contributed by atoms with Gasteiger partial charge in [0.15, 0.2) is 23.0 Å². The monoisotopic (exact) mass is 413 g/mol. The molecule has 0 saturated heterocycles. The summed E-state index contributed by atoms with van der Waals surface area (Å²) in [6.07, 6.45) is 5.22. The Labute approximate surface area is 178 Å². The van der Waals surface area contributed by atoms with Crippen molar-refractivity contribution in [2.75, 3.05) is 47.4 Å². The highest BCUT2D eigenvalue weighted by Gasteiger charge is 2.05. The Kier molecular flexibility index (Phi) is 9.67. The van der Waals surface area contributed by atoms with Crippen LogP contribution < -0.4 is 9.47 Å². The first kappa shape index (κ1) is 23.2. The lowest BCUT2D eigenvalue weighted by atomic mass is 10.2. The van der Waals surface area contributed by atoms with E-state index in [1.807, 2.05) is 12.1 Å². The molecule has 7 nitrogen and oxygen atoms in total. The van der Waals surface area contributed by atoms with Crippen molar-refractivity contribution >= 4 is 12.4 Å². The van der Waals surface area contributed by atoms with Gasteiger partial charge in [-0.2, -0.15) is 0 Å². The van der Waals surface area contributed by atoms with Crippen molar-refractivity contribution in [2.24, 2.45) is 9.98 Å². The van der Waals surface area contributed by atoms with Crippen LogP contribution in [-0.2, 0) is 0 Å². The summed E-state index contributed by atoms with van der Waals surface area (Å²) in [7, 11) is 5.13. The van der Waals surface area contributed by atoms with Crippen molar-refractivity contribution < 1.29 is 19.7 Å². The second kappa shape index (κ2) is 12.5. The molecule has 0 amide bonds. The number of aliphatic imine (C=N–C) groups is 2. The molecule has 0 aliphatic heterocycles. The summed E-state index contributed by atoms with van der Waals surface area (Å²) >= 11 is 0. The van der Waals surface area contributed by atoms with Gasteiger partial charge in [-0.3, -0.25) is 9.98 Å². The SMILES string of the molecule is COc1cccc(C=NCCCN(C)CCCN=Cc2cccc(OC)c2O)c1O. The number of nitrogens with zero attached hydrogens (tertiary/aromatic N) is 3. The number of ether oxygens (including phenoxy) is 2. The van der Waals surface area contributed by atoms with Crippen LogP contribution in [0, 0.1) is 0 Å². The Balaban J connectivity index is 1.64. The molecular formula is C23H31N3O4. The van der Waals surface area contributed by atoms with Gasteiger partial charge in [-0.15, -0.1) is 0 Å². The molecule has 162 valence electrons. The fourth-order valence-electron chi connectivity index (χ4n) is 2.92. The summed E-state index contributed by atoms with van der Waals surface area (Å²) in [6.45, 7) is 3.24. The standard InChI is InChI=1S/C23H31N3O4/c1-26(14-6-12-24-16-18-8-4-10-20(29-2)22(18)27)15-7-13-25-17-19-9-5-11-21(30-3)23(19)28/h4-5,8-11,16-17,27-28H,6-7,12-15H2,1-3H3. The molecule has 0 fully saturated rings. The van der Waals surface area contributed by atoms with Crippen LogP contribution in [0.25, 0.3) is 0 Å². The number of phenols is 2. The molecule has 0 heterocycles. The summed E-state index contributed by atoms with van der Waals surface area (Å²) < 4.78 is 10.2. The minimum absolute atomic E-state index is 0.115. The van der Waals surface area contributed by atoms with Gasteiger partial charge < -0.3 is 24.6 Å². The Bertz CT molecular complexity index is 783. The second-order valence-electron chi connectivity index (χ2n) is 6.88. The number of para-hydroxylation sites is 2. The van der Waals surface area contributed by atoms with Crippen LogP contribution in [0.3, 0.4) is 0 Å². The number of hydrogen-bond acceptors (Lipinski definition) is 7. The van der Waals surface area contributed by atoms with E-state index in [1.54, 1.807) is 36.7 Å². The molecule has 2 aromatic rings. The van der Waals surface area contributed by atoms with Gasteiger partial charge in [0.2, 0.25) is 0 Å². The molecule has 2 aromatic carbocycles. The van der Waals surface area contributed by atoms with E-state index in [0.29, 0.717) is 35.7 Å². The van der Waals surface area contributed by atoms with Gasteiger partial charge in [-0.05, 0) is 57.2 Å². The highest BCUT2D eigenvalue weighted by Crippen LogP contribution is 2.28. The minimum Gasteiger partial charge on any atom is -0.504 e. The van der Waals surface area contributed by atoms with Crippen LogP contribution in [0.1, 0.15) is 24.0 Å². The average molecular weight is 414 g/mol. The van der Waals surface area contributed by atoms with Crippen LogP contribution in [0.5, 0.6) is 23.0 Å². The number of benzene rings is 2. The lowest BCUT2D eigenvalue weighted by molar-refractivity contribution is 0.329. The third kappa shape index (κ3) is 7.08. The van der Waals surface area contributed by atoms with Gasteiger partial charge in [0.05, 0.1) is 14.2 Å². The van der Waals surface area contributed by atoms with Crippen molar-refractivity contribution in [2.45, 2.75) is 12.8 Å². The van der Waals surface area contributed by atoms with Gasteiger partial charge in [-0.1, -0.05) is 12.1 Å². The Morgan fingerprint density at radius 1 is 0.800 bits per heavy atom. The zero-order valence-corrected chi connectivity index (χ0v) is 17.9. The lowest BCUT2D eigenvalue weighted by Gasteiger charge is -2.14. The third-order valence-electron chi connectivity index (χ3n) is 4.62. The maximum atomic E-state index is 10.0. The highest BCUT2D eigenvalue weighted by molar-refractivity contribution is 5.85. The Hall–Kier alpha value is -3.06. The fourth-order valence-corrected chi connectivity index (χ4v) is 2.92. The van der Waals surface area contributed by atoms with Gasteiger partial charge >= 0.3 is 0 Å². The molecule has 0 radical (unpaired) electrons. The second-order valence-corrected chi connectivity index (χ2v) is 6.88. The molecule has 0 bridgehead atoms. The third-order valence-corrected chi connectivity index (χ3v) is 4.62. The summed E-state index contributed by atoms with van der Waals surface area (Å²) in [5.74, 6) is 1.12. The summed E-state index contributed by atoms with van der Waals surface area (Å²) in [6, 6.07) is 10.7. The quantitative estimate of drug-likeness (QED) is 0.412. The summed E-state index contributed by atoms with van der Waals surface area (Å²) in [5, 5.41) is 20.1. The molecule has 0 aliphatic rings. The van der Waals surface area contributed by atoms with E-state index in [1.165, 1.54) is 14.2 Å². The average Bonchev–Trinajstić information content (AvgIpc) is 2.75. The zero-order valence-electron chi connectivity index (χ0n) is 17.9. The van der Waals surface area contributed by atoms with Crippen LogP contribution in [-0.4, -0.2) is 75.0 Å². The molecule has 30 heavy (non-hydrogen) atoms. The number of rotatable bonds is 12. The summed E-state index contributed by atoms with van der Waals surface area (Å²) in [4.78, 5) is 11.0. The maximum absolute atomic E-state index is 10.0. The van der Waals surface area contributed by atoms with E-state index in [2.05, 4.69) is 21.9 Å². The first-order valence-corrected chi connectivity index (χ1v) is 9.97. The molecule has 0 spiro atoms. The summed E-state index contributed by atoms with van der Waals surface area (Å²) in [5.41, 5.74) is 1.31. The lowest BCUT2D eigenvalue weighted by Crippen LogP contribution is -2.22. The number of phenolic OH excluding ortho intramolecular Hbond substituents is 2. The maximum Gasteiger partial charge on any atom is 0.166 e. The van der Waals surface area contributed by atoms with Crippen LogP contribution in [0.4, 0.5) is 0 Å². The van der Waals surface area contributed by atoms with E-state index in [4.69, 9.17) is 9.47 Å². The topological polar surface area (TPSA) is 86.9 Å². The van der Waals surface area contributed by atoms with Gasteiger partial charge in [0.25, 0.3) is 0 Å². The normalized spacial score (nSPS) is 11.6. The van der Waals surface area contributed by atoms with Crippen molar-refractivity contribution in [1.82, 2.24) is 4.90 Å². The molecule has 0 saturated carbocycles.